The monoisotopic (exact) mass is 251 g/mol. The minimum Gasteiger partial charge on any atom is -0.478 e. The Bertz CT molecular complexity index is 412. The maximum absolute atomic E-state index is 12.7. The van der Waals surface area contributed by atoms with Crippen LogP contribution in [0.2, 0.25) is 0 Å². The second-order valence-corrected chi connectivity index (χ2v) is 3.97. The SMILES string of the molecule is CC/C(=C/CNCCc1ccc(F)cc1)C(=O)O. The highest BCUT2D eigenvalue weighted by Gasteiger charge is 2.02. The van der Waals surface area contributed by atoms with Gasteiger partial charge in [0.1, 0.15) is 5.82 Å². The molecule has 0 radical (unpaired) electrons. The van der Waals surface area contributed by atoms with Crippen LogP contribution in [0.25, 0.3) is 0 Å². The molecule has 0 aliphatic rings. The summed E-state index contributed by atoms with van der Waals surface area (Å²) >= 11 is 0. The van der Waals surface area contributed by atoms with Crippen molar-refractivity contribution in [1.82, 2.24) is 5.32 Å². The molecule has 0 heterocycles. The molecule has 0 amide bonds. The molecule has 0 saturated carbocycles. The number of benzene rings is 1. The Kier molecular flexibility index (Phi) is 6.08. The Labute approximate surface area is 106 Å². The van der Waals surface area contributed by atoms with E-state index < -0.39 is 5.97 Å². The van der Waals surface area contributed by atoms with Crippen LogP contribution in [0, 0.1) is 5.82 Å². The average molecular weight is 251 g/mol. The Morgan fingerprint density at radius 3 is 2.61 bits per heavy atom. The van der Waals surface area contributed by atoms with Gasteiger partial charge in [0, 0.05) is 12.1 Å². The van der Waals surface area contributed by atoms with Gasteiger partial charge in [-0.25, -0.2) is 9.18 Å². The van der Waals surface area contributed by atoms with Gasteiger partial charge in [-0.15, -0.1) is 0 Å². The molecule has 0 aromatic heterocycles. The highest BCUT2D eigenvalue weighted by Crippen LogP contribution is 2.03. The lowest BCUT2D eigenvalue weighted by Crippen LogP contribution is -2.18. The minimum absolute atomic E-state index is 0.233. The summed E-state index contributed by atoms with van der Waals surface area (Å²) in [6.45, 7) is 3.09. The summed E-state index contributed by atoms with van der Waals surface area (Å²) in [5.74, 6) is -1.10. The molecular weight excluding hydrogens is 233 g/mol. The maximum Gasteiger partial charge on any atom is 0.331 e. The molecule has 2 N–H and O–H groups in total. The summed E-state index contributed by atoms with van der Waals surface area (Å²) < 4.78 is 12.7. The molecule has 1 aromatic rings. The molecule has 1 aromatic carbocycles. The van der Waals surface area contributed by atoms with Crippen LogP contribution in [0.15, 0.2) is 35.9 Å². The molecular formula is C14H18FNO2. The van der Waals surface area contributed by atoms with Gasteiger partial charge in [-0.2, -0.15) is 0 Å². The third-order valence-corrected chi connectivity index (χ3v) is 2.65. The first kappa shape index (κ1) is 14.4. The molecule has 0 bridgehead atoms. The van der Waals surface area contributed by atoms with Crippen molar-refractivity contribution in [3.8, 4) is 0 Å². The fourth-order valence-electron chi connectivity index (χ4n) is 1.56. The van der Waals surface area contributed by atoms with Crippen molar-refractivity contribution in [3.05, 3.63) is 47.3 Å². The van der Waals surface area contributed by atoms with Crippen LogP contribution in [0.4, 0.5) is 4.39 Å². The standard InChI is InChI=1S/C14H18FNO2/c1-2-12(14(17)18)8-10-16-9-7-11-3-5-13(15)6-4-11/h3-6,8,16H,2,7,9-10H2,1H3,(H,17,18)/b12-8-. The van der Waals surface area contributed by atoms with Gasteiger partial charge in [0.05, 0.1) is 0 Å². The third-order valence-electron chi connectivity index (χ3n) is 2.65. The van der Waals surface area contributed by atoms with E-state index in [-0.39, 0.29) is 5.82 Å². The van der Waals surface area contributed by atoms with Crippen molar-refractivity contribution in [2.24, 2.45) is 0 Å². The topological polar surface area (TPSA) is 49.3 Å². The Balaban J connectivity index is 2.26. The average Bonchev–Trinajstić information content (AvgIpc) is 2.35. The number of aliphatic carboxylic acids is 1. The number of carbonyl (C=O) groups is 1. The molecule has 0 aliphatic heterocycles. The highest BCUT2D eigenvalue weighted by atomic mass is 19.1. The largest absolute Gasteiger partial charge is 0.478 e. The molecule has 0 saturated heterocycles. The van der Waals surface area contributed by atoms with E-state index in [4.69, 9.17) is 5.11 Å². The predicted molar refractivity (Wildman–Crippen MR) is 69.0 cm³/mol. The number of nitrogens with one attached hydrogen (secondary N) is 1. The first-order valence-electron chi connectivity index (χ1n) is 6.01. The molecule has 0 atom stereocenters. The lowest BCUT2D eigenvalue weighted by Gasteiger charge is -2.03. The smallest absolute Gasteiger partial charge is 0.331 e. The van der Waals surface area contributed by atoms with Gasteiger partial charge < -0.3 is 10.4 Å². The summed E-state index contributed by atoms with van der Waals surface area (Å²) in [7, 11) is 0. The normalized spacial score (nSPS) is 11.6. The molecule has 98 valence electrons. The number of hydrogen-bond acceptors (Lipinski definition) is 2. The summed E-state index contributed by atoms with van der Waals surface area (Å²) in [5, 5.41) is 11.9. The van der Waals surface area contributed by atoms with E-state index in [0.29, 0.717) is 18.5 Å². The van der Waals surface area contributed by atoms with Gasteiger partial charge >= 0.3 is 5.97 Å². The molecule has 1 rings (SSSR count). The van der Waals surface area contributed by atoms with Gasteiger partial charge in [-0.3, -0.25) is 0 Å². The zero-order chi connectivity index (χ0) is 13.4. The summed E-state index contributed by atoms with van der Waals surface area (Å²) in [6.07, 6.45) is 3.00. The van der Waals surface area contributed by atoms with Gasteiger partial charge in [-0.05, 0) is 37.1 Å². The van der Waals surface area contributed by atoms with Crippen molar-refractivity contribution < 1.29 is 14.3 Å². The summed E-state index contributed by atoms with van der Waals surface area (Å²) in [4.78, 5) is 10.7. The Hall–Kier alpha value is -1.68. The van der Waals surface area contributed by atoms with Gasteiger partial charge in [0.2, 0.25) is 0 Å². The van der Waals surface area contributed by atoms with Crippen molar-refractivity contribution in [2.75, 3.05) is 13.1 Å². The van der Waals surface area contributed by atoms with Crippen LogP contribution in [-0.2, 0) is 11.2 Å². The van der Waals surface area contributed by atoms with E-state index in [0.717, 1.165) is 18.5 Å². The molecule has 3 nitrogen and oxygen atoms in total. The number of halogens is 1. The fourth-order valence-corrected chi connectivity index (χ4v) is 1.56. The van der Waals surface area contributed by atoms with Gasteiger partial charge in [0.15, 0.2) is 0 Å². The van der Waals surface area contributed by atoms with E-state index in [1.807, 2.05) is 6.92 Å². The van der Waals surface area contributed by atoms with Crippen molar-refractivity contribution >= 4 is 5.97 Å². The molecule has 0 aliphatic carbocycles. The van der Waals surface area contributed by atoms with Crippen molar-refractivity contribution in [3.63, 3.8) is 0 Å². The van der Waals surface area contributed by atoms with E-state index >= 15 is 0 Å². The number of carboxylic acid groups (broad SMARTS) is 1. The van der Waals surface area contributed by atoms with Crippen LogP contribution < -0.4 is 5.32 Å². The number of hydrogen-bond donors (Lipinski definition) is 2. The van der Waals surface area contributed by atoms with E-state index in [1.54, 1.807) is 18.2 Å². The van der Waals surface area contributed by atoms with E-state index in [9.17, 15) is 9.18 Å². The predicted octanol–water partition coefficient (Wildman–Crippen LogP) is 2.38. The molecule has 0 unspecified atom stereocenters. The van der Waals surface area contributed by atoms with Gasteiger partial charge in [-0.1, -0.05) is 25.1 Å². The zero-order valence-corrected chi connectivity index (χ0v) is 10.4. The second kappa shape index (κ2) is 7.61. The molecule has 0 fully saturated rings. The summed E-state index contributed by atoms with van der Waals surface area (Å²) in [5.41, 5.74) is 1.48. The first-order chi connectivity index (χ1) is 8.63. The quantitative estimate of drug-likeness (QED) is 0.578. The highest BCUT2D eigenvalue weighted by molar-refractivity contribution is 5.86. The molecule has 18 heavy (non-hydrogen) atoms. The molecule has 4 heteroatoms. The summed E-state index contributed by atoms with van der Waals surface area (Å²) in [6, 6.07) is 6.38. The third kappa shape index (κ3) is 5.10. The second-order valence-electron chi connectivity index (χ2n) is 3.97. The zero-order valence-electron chi connectivity index (χ0n) is 10.4. The maximum atomic E-state index is 12.7. The first-order valence-corrected chi connectivity index (χ1v) is 6.01. The van der Waals surface area contributed by atoms with Crippen LogP contribution in [0.3, 0.4) is 0 Å². The Morgan fingerprint density at radius 1 is 1.39 bits per heavy atom. The van der Waals surface area contributed by atoms with E-state index in [1.165, 1.54) is 12.1 Å². The lowest BCUT2D eigenvalue weighted by atomic mass is 10.1. The Morgan fingerprint density at radius 2 is 2.06 bits per heavy atom. The minimum atomic E-state index is -0.863. The lowest BCUT2D eigenvalue weighted by molar-refractivity contribution is -0.132. The number of carboxylic acids is 1. The molecule has 0 spiro atoms. The fraction of sp³-hybridized carbons (Fsp3) is 0.357. The van der Waals surface area contributed by atoms with Crippen molar-refractivity contribution in [1.29, 1.82) is 0 Å². The van der Waals surface area contributed by atoms with Crippen molar-refractivity contribution in [2.45, 2.75) is 19.8 Å². The van der Waals surface area contributed by atoms with Crippen LogP contribution in [0.5, 0.6) is 0 Å². The van der Waals surface area contributed by atoms with Crippen LogP contribution in [-0.4, -0.2) is 24.2 Å². The van der Waals surface area contributed by atoms with Gasteiger partial charge in [0.25, 0.3) is 0 Å². The van der Waals surface area contributed by atoms with Crippen LogP contribution in [0.1, 0.15) is 18.9 Å². The van der Waals surface area contributed by atoms with Crippen LogP contribution >= 0.6 is 0 Å². The number of rotatable bonds is 7. The van der Waals surface area contributed by atoms with E-state index in [2.05, 4.69) is 5.32 Å².